The highest BCUT2D eigenvalue weighted by Gasteiger charge is 2.26. The largest absolute Gasteiger partial charge is 0.454 e. The molecule has 11 aromatic carbocycles. The third kappa shape index (κ3) is 5.29. The molecule has 6 heteroatoms. The van der Waals surface area contributed by atoms with E-state index < -0.39 is 0 Å². The monoisotopic (exact) mass is 853 g/mol. The molecule has 0 radical (unpaired) electrons. The maximum absolute atomic E-state index is 7.23. The van der Waals surface area contributed by atoms with E-state index in [9.17, 15) is 0 Å². The zero-order valence-electron chi connectivity index (χ0n) is 35.9. The molecule has 0 saturated carbocycles. The summed E-state index contributed by atoms with van der Waals surface area (Å²) in [4.78, 5) is 16.4. The smallest absolute Gasteiger partial charge is 0.238 e. The van der Waals surface area contributed by atoms with E-state index in [-0.39, 0.29) is 0 Å². The van der Waals surface area contributed by atoms with Gasteiger partial charge in [0.15, 0.2) is 17.2 Å². The number of aromatic nitrogens is 5. The zero-order chi connectivity index (χ0) is 43.7. The second kappa shape index (κ2) is 13.7. The second-order valence-corrected chi connectivity index (χ2v) is 17.6. The molecule has 6 nitrogen and oxygen atoms in total. The number of benzene rings is 11. The number of para-hydroxylation sites is 2. The van der Waals surface area contributed by atoms with Crippen LogP contribution in [-0.4, -0.2) is 24.1 Å². The molecule has 15 rings (SSSR count). The van der Waals surface area contributed by atoms with Crippen LogP contribution in [0.15, 0.2) is 217 Å². The second-order valence-electron chi connectivity index (χ2n) is 17.6. The molecule has 67 heavy (non-hydrogen) atoms. The van der Waals surface area contributed by atoms with Gasteiger partial charge in [-0.3, -0.25) is 4.57 Å². The number of nitrogens with zero attached hydrogens (tertiary/aromatic N) is 5. The quantitative estimate of drug-likeness (QED) is 0.177. The minimum atomic E-state index is 0.534. The summed E-state index contributed by atoms with van der Waals surface area (Å²) in [6, 6.07) is 75.7. The van der Waals surface area contributed by atoms with Gasteiger partial charge in [0.05, 0.1) is 22.1 Å². The predicted molar refractivity (Wildman–Crippen MR) is 277 cm³/mol. The van der Waals surface area contributed by atoms with Gasteiger partial charge >= 0.3 is 0 Å². The summed E-state index contributed by atoms with van der Waals surface area (Å²) >= 11 is 0. The van der Waals surface area contributed by atoms with Crippen molar-refractivity contribution in [1.29, 1.82) is 0 Å². The Bertz CT molecular complexity index is 4450. The van der Waals surface area contributed by atoms with Crippen molar-refractivity contribution in [3.8, 4) is 34.4 Å². The Morgan fingerprint density at radius 2 is 0.851 bits per heavy atom. The van der Waals surface area contributed by atoms with Crippen LogP contribution in [-0.2, 0) is 0 Å². The highest BCUT2D eigenvalue weighted by Crippen LogP contribution is 2.46. The third-order valence-electron chi connectivity index (χ3n) is 13.9. The average molecular weight is 854 g/mol. The van der Waals surface area contributed by atoms with Crippen LogP contribution in [0.2, 0.25) is 0 Å². The Hall–Kier alpha value is -9.13. The number of fused-ring (bicyclic) bond motifs is 14. The summed E-state index contributed by atoms with van der Waals surface area (Å²) in [6.07, 6.45) is 0. The van der Waals surface area contributed by atoms with Gasteiger partial charge in [0.2, 0.25) is 5.95 Å². The standard InChI is InChI=1S/C61H35N5O/c1-2-15-38-31-43(26-25-36(38)13-1)59-62-60(64-61(63-59)66-51-23-11-9-21-45(51)46-22-10-12-24-52(46)66)48-29-28-47-56-44-20-8-7-14-37(44)27-30-55(56)67-58(47)57(48)65-53-34-41-18-5-3-16-39(41)32-49(53)50-33-40-17-4-6-19-42(40)35-54(50)65/h1-35H. The molecule has 15 aromatic rings. The summed E-state index contributed by atoms with van der Waals surface area (Å²) in [6.45, 7) is 0. The molecule has 0 bridgehead atoms. The third-order valence-corrected chi connectivity index (χ3v) is 13.9. The van der Waals surface area contributed by atoms with Gasteiger partial charge in [0.25, 0.3) is 0 Å². The van der Waals surface area contributed by atoms with E-state index in [4.69, 9.17) is 19.4 Å². The topological polar surface area (TPSA) is 61.7 Å². The maximum atomic E-state index is 7.23. The molecule has 0 N–H and O–H groups in total. The van der Waals surface area contributed by atoms with Crippen LogP contribution in [0.25, 0.3) is 143 Å². The van der Waals surface area contributed by atoms with E-state index in [1.165, 1.54) is 10.8 Å². The fourth-order valence-electron chi connectivity index (χ4n) is 10.8. The number of hydrogen-bond donors (Lipinski definition) is 0. The van der Waals surface area contributed by atoms with Gasteiger partial charge in [-0.15, -0.1) is 0 Å². The number of furan rings is 1. The molecule has 4 heterocycles. The Labute approximate surface area is 382 Å². The van der Waals surface area contributed by atoms with Gasteiger partial charge in [0, 0.05) is 43.4 Å². The van der Waals surface area contributed by atoms with Crippen molar-refractivity contribution in [1.82, 2.24) is 24.1 Å². The van der Waals surface area contributed by atoms with Crippen molar-refractivity contribution in [2.75, 3.05) is 0 Å². The van der Waals surface area contributed by atoms with E-state index in [1.54, 1.807) is 0 Å². The van der Waals surface area contributed by atoms with E-state index in [1.807, 2.05) is 0 Å². The molecule has 0 spiro atoms. The summed E-state index contributed by atoms with van der Waals surface area (Å²) in [7, 11) is 0. The highest BCUT2D eigenvalue weighted by atomic mass is 16.3. The number of hydrogen-bond acceptors (Lipinski definition) is 4. The summed E-state index contributed by atoms with van der Waals surface area (Å²) < 4.78 is 11.8. The molecule has 0 aliphatic rings. The summed E-state index contributed by atoms with van der Waals surface area (Å²) in [5.41, 5.74) is 8.34. The highest BCUT2D eigenvalue weighted by molar-refractivity contribution is 6.23. The van der Waals surface area contributed by atoms with Gasteiger partial charge in [0.1, 0.15) is 11.3 Å². The van der Waals surface area contributed by atoms with Crippen LogP contribution in [0, 0.1) is 0 Å². The lowest BCUT2D eigenvalue weighted by molar-refractivity contribution is 0.666. The zero-order valence-corrected chi connectivity index (χ0v) is 35.9. The summed E-state index contributed by atoms with van der Waals surface area (Å²) in [5.74, 6) is 1.65. The van der Waals surface area contributed by atoms with Gasteiger partial charge in [-0.1, -0.05) is 152 Å². The Balaban J connectivity index is 1.12. The van der Waals surface area contributed by atoms with E-state index in [0.29, 0.717) is 17.6 Å². The fourth-order valence-corrected chi connectivity index (χ4v) is 10.8. The van der Waals surface area contributed by atoms with Gasteiger partial charge in [-0.25, -0.2) is 4.98 Å². The normalized spacial score (nSPS) is 12.2. The fraction of sp³-hybridized carbons (Fsp3) is 0. The maximum Gasteiger partial charge on any atom is 0.238 e. The predicted octanol–water partition coefficient (Wildman–Crippen LogP) is 15.9. The van der Waals surface area contributed by atoms with Crippen molar-refractivity contribution in [3.05, 3.63) is 212 Å². The van der Waals surface area contributed by atoms with Crippen LogP contribution >= 0.6 is 0 Å². The SMILES string of the molecule is c1ccc2cc(-c3nc(-c4ccc5c(oc6ccc7ccccc7c65)c4-n4c5cc6ccccc6cc5c5cc6ccccc6cc54)nc(-n4c5ccccc5c5ccccc54)n3)ccc2c1. The lowest BCUT2D eigenvalue weighted by Gasteiger charge is -2.16. The van der Waals surface area contributed by atoms with E-state index >= 15 is 0 Å². The van der Waals surface area contributed by atoms with Crippen molar-refractivity contribution in [3.63, 3.8) is 0 Å². The van der Waals surface area contributed by atoms with Crippen LogP contribution in [0.3, 0.4) is 0 Å². The van der Waals surface area contributed by atoms with Crippen molar-refractivity contribution >= 4 is 109 Å². The van der Waals surface area contributed by atoms with Crippen molar-refractivity contribution in [2.45, 2.75) is 0 Å². The molecule has 0 saturated heterocycles. The molecule has 0 aliphatic heterocycles. The van der Waals surface area contributed by atoms with E-state index in [0.717, 1.165) is 115 Å². The van der Waals surface area contributed by atoms with Crippen molar-refractivity contribution < 1.29 is 4.42 Å². The molecule has 0 unspecified atom stereocenters. The Kier molecular flexibility index (Phi) is 7.40. The number of rotatable bonds is 4. The Morgan fingerprint density at radius 3 is 1.51 bits per heavy atom. The molecule has 0 amide bonds. The van der Waals surface area contributed by atoms with Crippen molar-refractivity contribution in [2.24, 2.45) is 0 Å². The molecular weight excluding hydrogens is 819 g/mol. The first-order valence-electron chi connectivity index (χ1n) is 22.7. The lowest BCUT2D eigenvalue weighted by atomic mass is 10.0. The molecule has 0 atom stereocenters. The van der Waals surface area contributed by atoms with Gasteiger partial charge in [-0.05, 0) is 104 Å². The molecule has 0 aliphatic carbocycles. The average Bonchev–Trinajstić information content (AvgIpc) is 4.04. The van der Waals surface area contributed by atoms with Gasteiger partial charge in [-0.2, -0.15) is 9.97 Å². The van der Waals surface area contributed by atoms with Gasteiger partial charge < -0.3 is 8.98 Å². The van der Waals surface area contributed by atoms with Crippen LogP contribution < -0.4 is 0 Å². The first kappa shape index (κ1) is 36.2. The molecule has 310 valence electrons. The van der Waals surface area contributed by atoms with E-state index in [2.05, 4.69) is 221 Å². The van der Waals surface area contributed by atoms with Crippen LogP contribution in [0.5, 0.6) is 0 Å². The summed E-state index contributed by atoms with van der Waals surface area (Å²) in [5, 5.41) is 15.9. The first-order valence-corrected chi connectivity index (χ1v) is 22.7. The minimum Gasteiger partial charge on any atom is -0.454 e. The molecule has 4 aromatic heterocycles. The Morgan fingerprint density at radius 1 is 0.328 bits per heavy atom. The molecular formula is C61H35N5O. The van der Waals surface area contributed by atoms with Crippen LogP contribution in [0.4, 0.5) is 0 Å². The van der Waals surface area contributed by atoms with Crippen LogP contribution in [0.1, 0.15) is 0 Å². The molecule has 0 fully saturated rings. The lowest BCUT2D eigenvalue weighted by Crippen LogP contribution is -2.08. The first-order chi connectivity index (χ1) is 33.2. The minimum absolute atomic E-state index is 0.534.